The van der Waals surface area contributed by atoms with E-state index in [1.54, 1.807) is 0 Å². The van der Waals surface area contributed by atoms with E-state index in [4.69, 9.17) is 11.3 Å². The first-order chi connectivity index (χ1) is 45.6. The van der Waals surface area contributed by atoms with Crippen LogP contribution in [-0.2, 0) is 10.8 Å². The molecule has 16 rings (SSSR count). The van der Waals surface area contributed by atoms with Gasteiger partial charge in [-0.3, -0.25) is 9.97 Å². The first-order valence-electron chi connectivity index (χ1n) is 33.1. The molecule has 2 aliphatic heterocycles. The Labute approximate surface area is 533 Å². The molecular weight excluding hydrogens is 1090 g/mol. The number of rotatable bonds is 9. The van der Waals surface area contributed by atoms with E-state index >= 15 is 0 Å². The Balaban J connectivity index is 1.11. The SMILES string of the molecule is [2H]c1c([2H])c([2H])c2c(c1[2H])c1ccccc1n2-c1cc2c3c(c1)N(c1c(-c4ccccc4)cncc1-c1ccccc1)c1ccc(-c4ccc(C(C)(C)C)cc4)cc1B3c1cc(-c3ccc(C(C)(C)C)cc3)ccc1N2c1c(-c2ccccc2)cncc1-c1ccccc1. The lowest BCUT2D eigenvalue weighted by Crippen LogP contribution is -2.61. The van der Waals surface area contributed by atoms with Crippen LogP contribution < -0.4 is 26.2 Å². The highest BCUT2D eigenvalue weighted by Gasteiger charge is 2.46. The summed E-state index contributed by atoms with van der Waals surface area (Å²) >= 11 is 0. The second-order valence-electron chi connectivity index (χ2n) is 25.9. The maximum atomic E-state index is 9.93. The van der Waals surface area contributed by atoms with Crippen LogP contribution in [0.3, 0.4) is 0 Å². The molecular formula is C84H66BN5. The van der Waals surface area contributed by atoms with E-state index in [0.29, 0.717) is 16.6 Å². The molecule has 0 aliphatic carbocycles. The molecule has 5 nitrogen and oxygen atoms in total. The van der Waals surface area contributed by atoms with Crippen LogP contribution in [0.2, 0.25) is 0 Å². The topological polar surface area (TPSA) is 37.2 Å². The lowest BCUT2D eigenvalue weighted by molar-refractivity contribution is 0.590. The van der Waals surface area contributed by atoms with Crippen LogP contribution in [-0.4, -0.2) is 21.2 Å². The van der Waals surface area contributed by atoms with E-state index in [0.717, 1.165) is 128 Å². The third-order valence-electron chi connectivity index (χ3n) is 18.4. The van der Waals surface area contributed by atoms with Gasteiger partial charge in [0, 0.05) is 80.6 Å². The smallest absolute Gasteiger partial charge is 0.252 e. The van der Waals surface area contributed by atoms with Gasteiger partial charge in [0.15, 0.2) is 0 Å². The van der Waals surface area contributed by atoms with E-state index in [9.17, 15) is 4.11 Å². The quantitative estimate of drug-likeness (QED) is 0.135. The van der Waals surface area contributed by atoms with E-state index in [1.807, 2.05) is 49.1 Å². The van der Waals surface area contributed by atoms with Crippen molar-refractivity contribution in [1.82, 2.24) is 14.5 Å². The van der Waals surface area contributed by atoms with Crippen LogP contribution in [0, 0.1) is 0 Å². The van der Waals surface area contributed by atoms with Crippen molar-refractivity contribution in [3.63, 3.8) is 0 Å². The minimum absolute atomic E-state index is 0.0393. The molecule has 0 radical (unpaired) electrons. The Morgan fingerprint density at radius 2 is 0.722 bits per heavy atom. The first kappa shape index (κ1) is 50.2. The minimum Gasteiger partial charge on any atom is -0.310 e. The molecule has 2 aliphatic rings. The van der Waals surface area contributed by atoms with Gasteiger partial charge < -0.3 is 14.4 Å². The van der Waals surface area contributed by atoms with Gasteiger partial charge in [0.1, 0.15) is 0 Å². The number of para-hydroxylation sites is 2. The Kier molecular flexibility index (Phi) is 12.0. The van der Waals surface area contributed by atoms with E-state index in [-0.39, 0.29) is 41.7 Å². The van der Waals surface area contributed by atoms with Gasteiger partial charge in [-0.25, -0.2) is 0 Å². The first-order valence-corrected chi connectivity index (χ1v) is 31.1. The van der Waals surface area contributed by atoms with Gasteiger partial charge in [-0.2, -0.15) is 0 Å². The predicted molar refractivity (Wildman–Crippen MR) is 380 cm³/mol. The van der Waals surface area contributed by atoms with Gasteiger partial charge in [0.05, 0.1) is 33.6 Å². The van der Waals surface area contributed by atoms with E-state index < -0.39 is 0 Å². The number of hydrogen-bond donors (Lipinski definition) is 0. The summed E-state index contributed by atoms with van der Waals surface area (Å²) in [5.74, 6) is 0. The zero-order chi connectivity index (χ0) is 64.3. The maximum absolute atomic E-state index is 9.93. The lowest BCUT2D eigenvalue weighted by atomic mass is 9.33. The summed E-state index contributed by atoms with van der Waals surface area (Å²) in [6, 6.07) is 86.2. The number of fused-ring (bicyclic) bond motifs is 7. The van der Waals surface area contributed by atoms with Gasteiger partial charge in [0.25, 0.3) is 6.71 Å². The third-order valence-corrected chi connectivity index (χ3v) is 18.4. The number of benzene rings is 11. The molecule has 0 saturated carbocycles. The summed E-state index contributed by atoms with van der Waals surface area (Å²) in [7, 11) is 0. The van der Waals surface area contributed by atoms with Gasteiger partial charge >= 0.3 is 0 Å². The maximum Gasteiger partial charge on any atom is 0.252 e. The van der Waals surface area contributed by atoms with Crippen molar-refractivity contribution in [2.45, 2.75) is 52.4 Å². The number of aromatic nitrogens is 3. The van der Waals surface area contributed by atoms with E-state index in [1.165, 1.54) is 11.1 Å². The standard InChI is InChI=1S/C84H66BN5/c1-83(2,3)63-41-35-55(36-42-63)61-39-45-76-72(47-61)85-73-48-62(56-37-43-64(44-38-56)84(4,5)6)40-46-77(73)90(82-70(59-27-15-9-16-28-59)53-87-54-71(82)60-29-17-10-18-30-60)79-50-65(88-74-33-21-19-31-66(74)67-32-20-22-34-75(67)88)49-78(80(79)85)89(76)81-68(57-23-11-7-12-24-57)51-86-52-69(81)58-25-13-8-14-26-58/h7-54H,1-6H3/i19D,21D,31D,33D. The van der Waals surface area contributed by atoms with Crippen LogP contribution >= 0.6 is 0 Å². The summed E-state index contributed by atoms with van der Waals surface area (Å²) in [5, 5.41) is 1.18. The van der Waals surface area contributed by atoms with E-state index in [2.05, 4.69) is 274 Å². The second-order valence-corrected chi connectivity index (χ2v) is 25.9. The Bertz CT molecular complexity index is 4940. The zero-order valence-corrected chi connectivity index (χ0v) is 51.2. The average Bonchev–Trinajstić information content (AvgIpc) is 0.871. The number of hydrogen-bond acceptors (Lipinski definition) is 4. The highest BCUT2D eigenvalue weighted by molar-refractivity contribution is 7.00. The van der Waals surface area contributed by atoms with Crippen LogP contribution in [0.5, 0.6) is 0 Å². The minimum atomic E-state index is -0.390. The molecule has 0 fully saturated rings. The average molecular weight is 1160 g/mol. The summed E-state index contributed by atoms with van der Waals surface area (Å²) in [5.41, 5.74) is 25.3. The Morgan fingerprint density at radius 3 is 1.13 bits per heavy atom. The largest absolute Gasteiger partial charge is 0.310 e. The normalized spacial score (nSPS) is 13.3. The van der Waals surface area contributed by atoms with Crippen molar-refractivity contribution < 1.29 is 5.48 Å². The van der Waals surface area contributed by atoms with Crippen LogP contribution in [0.25, 0.3) is 94.3 Å². The van der Waals surface area contributed by atoms with Crippen molar-refractivity contribution in [3.05, 3.63) is 303 Å². The highest BCUT2D eigenvalue weighted by atomic mass is 15.2. The molecule has 6 heteroatoms. The molecule has 0 atom stereocenters. The Hall–Kier alpha value is -10.8. The van der Waals surface area contributed by atoms with Crippen molar-refractivity contribution in [2.75, 3.05) is 9.80 Å². The van der Waals surface area contributed by atoms with Crippen LogP contribution in [0.4, 0.5) is 34.1 Å². The summed E-state index contributed by atoms with van der Waals surface area (Å²) in [6.07, 6.45) is 8.01. The summed E-state index contributed by atoms with van der Waals surface area (Å²) in [4.78, 5) is 15.2. The van der Waals surface area contributed by atoms with Crippen LogP contribution in [0.15, 0.2) is 292 Å². The fourth-order valence-electron chi connectivity index (χ4n) is 13.9. The van der Waals surface area contributed by atoms with Crippen molar-refractivity contribution in [1.29, 1.82) is 0 Å². The lowest BCUT2D eigenvalue weighted by Gasteiger charge is -2.46. The molecule has 0 saturated heterocycles. The highest BCUT2D eigenvalue weighted by Crippen LogP contribution is 2.54. The molecule has 14 aromatic rings. The molecule has 5 heterocycles. The molecule has 0 spiro atoms. The van der Waals surface area contributed by atoms with Crippen molar-refractivity contribution >= 4 is 79.0 Å². The zero-order valence-electron chi connectivity index (χ0n) is 55.2. The number of nitrogens with zero attached hydrogens (tertiary/aromatic N) is 5. The fraction of sp³-hybridized carbons (Fsp3) is 0.0952. The van der Waals surface area contributed by atoms with Crippen LogP contribution in [0.1, 0.15) is 58.2 Å². The number of anilines is 6. The van der Waals surface area contributed by atoms with Crippen molar-refractivity contribution in [2.24, 2.45) is 0 Å². The molecule has 0 bridgehead atoms. The molecule has 11 aromatic carbocycles. The molecule has 90 heavy (non-hydrogen) atoms. The molecule has 0 N–H and O–H groups in total. The third kappa shape index (κ3) is 9.16. The Morgan fingerprint density at radius 1 is 0.344 bits per heavy atom. The fourth-order valence-corrected chi connectivity index (χ4v) is 13.9. The van der Waals surface area contributed by atoms with Crippen molar-refractivity contribution in [3.8, 4) is 72.4 Å². The van der Waals surface area contributed by atoms with Gasteiger partial charge in [-0.15, -0.1) is 0 Å². The monoisotopic (exact) mass is 1160 g/mol. The van der Waals surface area contributed by atoms with Gasteiger partial charge in [-0.05, 0) is 119 Å². The van der Waals surface area contributed by atoms with Gasteiger partial charge in [-0.1, -0.05) is 272 Å². The molecule has 430 valence electrons. The van der Waals surface area contributed by atoms with Gasteiger partial charge in [0.2, 0.25) is 0 Å². The number of pyridine rings is 2. The summed E-state index contributed by atoms with van der Waals surface area (Å²) < 4.78 is 40.1. The second kappa shape index (κ2) is 21.5. The molecule has 0 amide bonds. The molecule has 3 aromatic heterocycles. The summed E-state index contributed by atoms with van der Waals surface area (Å²) in [6.45, 7) is 13.2. The molecule has 0 unspecified atom stereocenters. The predicted octanol–water partition coefficient (Wildman–Crippen LogP) is 20.3.